The minimum Gasteiger partial charge on any atom is -0.473 e. The predicted molar refractivity (Wildman–Crippen MR) is 48.3 cm³/mol. The monoisotopic (exact) mass is 180 g/mol. The van der Waals surface area contributed by atoms with E-state index in [2.05, 4.69) is 15.3 Å². The molecule has 1 atom stereocenters. The van der Waals surface area contributed by atoms with E-state index >= 15 is 0 Å². The second-order valence-electron chi connectivity index (χ2n) is 3.01. The van der Waals surface area contributed by atoms with Crippen LogP contribution in [0.25, 0.3) is 0 Å². The van der Waals surface area contributed by atoms with Crippen LogP contribution in [0.1, 0.15) is 6.42 Å². The smallest absolute Gasteiger partial charge is 0.218 e. The van der Waals surface area contributed by atoms with Gasteiger partial charge >= 0.3 is 0 Å². The van der Waals surface area contributed by atoms with Crippen molar-refractivity contribution in [2.75, 3.05) is 18.8 Å². The van der Waals surface area contributed by atoms with Gasteiger partial charge in [0.1, 0.15) is 18.2 Å². The van der Waals surface area contributed by atoms with Gasteiger partial charge in [-0.2, -0.15) is 0 Å². The average Bonchev–Trinajstić information content (AvgIpc) is 2.57. The first kappa shape index (κ1) is 8.25. The molecule has 13 heavy (non-hydrogen) atoms. The Hall–Kier alpha value is -1.36. The highest BCUT2D eigenvalue weighted by molar-refractivity contribution is 5.30. The summed E-state index contributed by atoms with van der Waals surface area (Å²) >= 11 is 0. The Morgan fingerprint density at radius 1 is 1.54 bits per heavy atom. The Labute approximate surface area is 76.3 Å². The fourth-order valence-corrected chi connectivity index (χ4v) is 1.32. The molecule has 1 saturated heterocycles. The summed E-state index contributed by atoms with van der Waals surface area (Å²) in [7, 11) is 0. The molecular weight excluding hydrogens is 168 g/mol. The zero-order valence-corrected chi connectivity index (χ0v) is 7.23. The summed E-state index contributed by atoms with van der Waals surface area (Å²) in [5.74, 6) is 0.997. The van der Waals surface area contributed by atoms with Crippen LogP contribution in [0, 0.1) is 0 Å². The van der Waals surface area contributed by atoms with Gasteiger partial charge in [-0.3, -0.25) is 0 Å². The number of anilines is 1. The molecular formula is C8H12N4O. The highest BCUT2D eigenvalue weighted by Gasteiger charge is 2.16. The van der Waals surface area contributed by atoms with E-state index in [1.54, 1.807) is 6.07 Å². The fourth-order valence-electron chi connectivity index (χ4n) is 1.32. The molecule has 0 radical (unpaired) electrons. The van der Waals surface area contributed by atoms with Gasteiger partial charge in [0.25, 0.3) is 0 Å². The topological polar surface area (TPSA) is 73.1 Å². The SMILES string of the molecule is Nc1cc(O[C@@H]2CCNC2)ncn1. The molecule has 0 amide bonds. The van der Waals surface area contributed by atoms with E-state index in [-0.39, 0.29) is 6.10 Å². The number of aromatic nitrogens is 2. The van der Waals surface area contributed by atoms with Crippen LogP contribution in [-0.2, 0) is 0 Å². The molecule has 1 aromatic heterocycles. The zero-order chi connectivity index (χ0) is 9.10. The summed E-state index contributed by atoms with van der Waals surface area (Å²) < 4.78 is 5.56. The van der Waals surface area contributed by atoms with Crippen LogP contribution in [0.4, 0.5) is 5.82 Å². The van der Waals surface area contributed by atoms with Crippen LogP contribution >= 0.6 is 0 Å². The maximum absolute atomic E-state index is 5.56. The number of ether oxygens (including phenoxy) is 1. The molecule has 0 saturated carbocycles. The lowest BCUT2D eigenvalue weighted by Crippen LogP contribution is -2.20. The lowest BCUT2D eigenvalue weighted by atomic mass is 10.3. The summed E-state index contributed by atoms with van der Waals surface area (Å²) in [6, 6.07) is 1.64. The molecule has 0 aliphatic carbocycles. The molecule has 0 spiro atoms. The zero-order valence-electron chi connectivity index (χ0n) is 7.23. The van der Waals surface area contributed by atoms with Crippen molar-refractivity contribution in [2.45, 2.75) is 12.5 Å². The third kappa shape index (κ3) is 2.06. The molecule has 2 rings (SSSR count). The van der Waals surface area contributed by atoms with Crippen molar-refractivity contribution in [2.24, 2.45) is 0 Å². The summed E-state index contributed by atoms with van der Waals surface area (Å²) in [5, 5.41) is 3.21. The van der Waals surface area contributed by atoms with Gasteiger partial charge in [0.2, 0.25) is 5.88 Å². The average molecular weight is 180 g/mol. The van der Waals surface area contributed by atoms with Gasteiger partial charge in [-0.15, -0.1) is 0 Å². The quantitative estimate of drug-likeness (QED) is 0.659. The minimum absolute atomic E-state index is 0.217. The number of rotatable bonds is 2. The largest absolute Gasteiger partial charge is 0.473 e. The lowest BCUT2D eigenvalue weighted by molar-refractivity contribution is 0.214. The van der Waals surface area contributed by atoms with Crippen molar-refractivity contribution in [3.63, 3.8) is 0 Å². The Morgan fingerprint density at radius 3 is 3.15 bits per heavy atom. The first-order valence-corrected chi connectivity index (χ1v) is 4.29. The van der Waals surface area contributed by atoms with E-state index < -0.39 is 0 Å². The predicted octanol–water partition coefficient (Wildman–Crippen LogP) is -0.201. The lowest BCUT2D eigenvalue weighted by Gasteiger charge is -2.10. The molecule has 70 valence electrons. The Kier molecular flexibility index (Phi) is 2.27. The van der Waals surface area contributed by atoms with E-state index in [1.807, 2.05) is 0 Å². The van der Waals surface area contributed by atoms with E-state index in [1.165, 1.54) is 6.33 Å². The number of nitrogens with zero attached hydrogens (tertiary/aromatic N) is 2. The Bertz CT molecular complexity index is 285. The van der Waals surface area contributed by atoms with Gasteiger partial charge in [-0.25, -0.2) is 9.97 Å². The van der Waals surface area contributed by atoms with Crippen LogP contribution in [-0.4, -0.2) is 29.2 Å². The maximum Gasteiger partial charge on any atom is 0.218 e. The highest BCUT2D eigenvalue weighted by atomic mass is 16.5. The standard InChI is InChI=1S/C8H12N4O/c9-7-3-8(12-5-11-7)13-6-1-2-10-4-6/h3,5-6,10H,1-2,4H2,(H2,9,11,12)/t6-/m1/s1. The van der Waals surface area contributed by atoms with E-state index in [4.69, 9.17) is 10.5 Å². The summed E-state index contributed by atoms with van der Waals surface area (Å²) in [6.45, 7) is 1.88. The molecule has 1 aliphatic rings. The number of hydrogen-bond donors (Lipinski definition) is 2. The van der Waals surface area contributed by atoms with Crippen molar-refractivity contribution < 1.29 is 4.74 Å². The summed E-state index contributed by atoms with van der Waals surface area (Å²) in [6.07, 6.45) is 2.64. The second kappa shape index (κ2) is 3.57. The van der Waals surface area contributed by atoms with Crippen LogP contribution in [0.5, 0.6) is 5.88 Å². The van der Waals surface area contributed by atoms with Crippen molar-refractivity contribution in [1.29, 1.82) is 0 Å². The second-order valence-corrected chi connectivity index (χ2v) is 3.01. The molecule has 5 nitrogen and oxygen atoms in total. The Balaban J connectivity index is 2.00. The molecule has 1 aromatic rings. The third-order valence-corrected chi connectivity index (χ3v) is 1.97. The summed E-state index contributed by atoms with van der Waals surface area (Å²) in [4.78, 5) is 7.75. The van der Waals surface area contributed by atoms with E-state index in [0.717, 1.165) is 19.5 Å². The first-order chi connectivity index (χ1) is 6.34. The minimum atomic E-state index is 0.217. The third-order valence-electron chi connectivity index (χ3n) is 1.97. The van der Waals surface area contributed by atoms with Crippen LogP contribution in [0.15, 0.2) is 12.4 Å². The van der Waals surface area contributed by atoms with Crippen LogP contribution < -0.4 is 15.8 Å². The molecule has 3 N–H and O–H groups in total. The molecule has 0 unspecified atom stereocenters. The Morgan fingerprint density at radius 2 is 2.46 bits per heavy atom. The normalized spacial score (nSPS) is 21.7. The number of nitrogens with two attached hydrogens (primary N) is 1. The van der Waals surface area contributed by atoms with Gasteiger partial charge in [0, 0.05) is 12.6 Å². The highest BCUT2D eigenvalue weighted by Crippen LogP contribution is 2.12. The van der Waals surface area contributed by atoms with Crippen molar-refractivity contribution in [1.82, 2.24) is 15.3 Å². The number of nitrogens with one attached hydrogen (secondary N) is 1. The van der Waals surface area contributed by atoms with Crippen molar-refractivity contribution in [3.8, 4) is 5.88 Å². The maximum atomic E-state index is 5.56. The van der Waals surface area contributed by atoms with Crippen molar-refractivity contribution >= 4 is 5.82 Å². The first-order valence-electron chi connectivity index (χ1n) is 4.29. The molecule has 2 heterocycles. The molecule has 0 aromatic carbocycles. The molecule has 1 fully saturated rings. The van der Waals surface area contributed by atoms with Crippen LogP contribution in [0.2, 0.25) is 0 Å². The van der Waals surface area contributed by atoms with Crippen LogP contribution in [0.3, 0.4) is 0 Å². The number of nitrogen functional groups attached to an aromatic ring is 1. The van der Waals surface area contributed by atoms with E-state index in [9.17, 15) is 0 Å². The fraction of sp³-hybridized carbons (Fsp3) is 0.500. The van der Waals surface area contributed by atoms with Gasteiger partial charge in [-0.05, 0) is 13.0 Å². The van der Waals surface area contributed by atoms with Gasteiger partial charge in [0.15, 0.2) is 0 Å². The van der Waals surface area contributed by atoms with E-state index in [0.29, 0.717) is 11.7 Å². The van der Waals surface area contributed by atoms with Gasteiger partial charge in [-0.1, -0.05) is 0 Å². The van der Waals surface area contributed by atoms with Gasteiger partial charge < -0.3 is 15.8 Å². The molecule has 1 aliphatic heterocycles. The van der Waals surface area contributed by atoms with Gasteiger partial charge in [0.05, 0.1) is 0 Å². The summed E-state index contributed by atoms with van der Waals surface area (Å²) in [5.41, 5.74) is 5.49. The molecule has 0 bridgehead atoms. The molecule has 5 heteroatoms. The number of hydrogen-bond acceptors (Lipinski definition) is 5. The van der Waals surface area contributed by atoms with Crippen molar-refractivity contribution in [3.05, 3.63) is 12.4 Å².